The first-order valence-electron chi connectivity index (χ1n) is 21.5. The number of phenols is 1. The highest BCUT2D eigenvalue weighted by Crippen LogP contribution is 2.52. The number of hydrogen-bond donors (Lipinski definition) is 2. The molecule has 0 radical (unpaired) electrons. The summed E-state index contributed by atoms with van der Waals surface area (Å²) < 4.78 is 50.8. The fraction of sp³-hybridized carbons (Fsp3) is 0.565. The van der Waals surface area contributed by atoms with Crippen LogP contribution in [-0.4, -0.2) is 118 Å². The van der Waals surface area contributed by atoms with Crippen molar-refractivity contribution in [3.63, 3.8) is 0 Å². The molecule has 5 fully saturated rings. The number of carbonyl (C=O) groups is 1. The third kappa shape index (κ3) is 7.06. The number of amides is 1. The largest absolute Gasteiger partial charge is 0.508 e. The van der Waals surface area contributed by atoms with Gasteiger partial charge in [-0.25, -0.2) is 13.8 Å². The van der Waals surface area contributed by atoms with Crippen molar-refractivity contribution in [2.75, 3.05) is 64.6 Å². The van der Waals surface area contributed by atoms with Gasteiger partial charge < -0.3 is 34.2 Å². The molecule has 4 aromatic rings. The fourth-order valence-corrected chi connectivity index (χ4v) is 11.3. The number of terminal acetylenes is 1. The average Bonchev–Trinajstić information content (AvgIpc) is 3.58. The van der Waals surface area contributed by atoms with Gasteiger partial charge in [-0.15, -0.1) is 6.42 Å². The van der Waals surface area contributed by atoms with E-state index in [0.29, 0.717) is 37.0 Å². The molecule has 3 unspecified atom stereocenters. The number of rotatable bonds is 8. The van der Waals surface area contributed by atoms with Gasteiger partial charge in [0.1, 0.15) is 39.6 Å². The number of aromatic hydroxyl groups is 1. The van der Waals surface area contributed by atoms with Crippen LogP contribution in [0.1, 0.15) is 83.6 Å². The Morgan fingerprint density at radius 1 is 1.03 bits per heavy atom. The van der Waals surface area contributed by atoms with Crippen molar-refractivity contribution >= 4 is 33.4 Å². The van der Waals surface area contributed by atoms with Crippen LogP contribution in [0.2, 0.25) is 0 Å². The van der Waals surface area contributed by atoms with E-state index in [0.717, 1.165) is 77.4 Å². The number of benzene rings is 2. The van der Waals surface area contributed by atoms with Gasteiger partial charge in [-0.3, -0.25) is 9.69 Å². The van der Waals surface area contributed by atoms with Crippen molar-refractivity contribution in [3.8, 4) is 41.2 Å². The molecule has 5 aliphatic rings. The van der Waals surface area contributed by atoms with Crippen LogP contribution in [0, 0.1) is 34.8 Å². The highest BCUT2D eigenvalue weighted by Gasteiger charge is 2.53. The van der Waals surface area contributed by atoms with Crippen LogP contribution in [0.5, 0.6) is 17.6 Å². The van der Waals surface area contributed by atoms with Gasteiger partial charge >= 0.3 is 6.01 Å². The Bertz CT molecular complexity index is 2370. The number of carbonyl (C=O) groups excluding carboxylic acids is 1. The van der Waals surface area contributed by atoms with Crippen LogP contribution in [-0.2, 0) is 9.53 Å². The van der Waals surface area contributed by atoms with Crippen molar-refractivity contribution in [1.82, 2.24) is 24.8 Å². The number of ether oxygens (including phenoxy) is 3. The van der Waals surface area contributed by atoms with Gasteiger partial charge in [-0.2, -0.15) is 9.97 Å². The van der Waals surface area contributed by atoms with Crippen LogP contribution in [0.15, 0.2) is 24.3 Å². The van der Waals surface area contributed by atoms with Crippen LogP contribution in [0.25, 0.3) is 32.9 Å². The maximum atomic E-state index is 17.4. The molecule has 14 heteroatoms. The molecule has 9 rings (SSSR count). The number of likely N-dealkylation sites (tertiary alicyclic amines) is 2. The molecule has 2 aromatic heterocycles. The second-order valence-electron chi connectivity index (χ2n) is 18.2. The normalized spacial score (nSPS) is 25.9. The topological polar surface area (TPSA) is 134 Å². The van der Waals surface area contributed by atoms with Gasteiger partial charge in [0.25, 0.3) is 0 Å². The second kappa shape index (κ2) is 15.6. The Hall–Kier alpha value is -4.84. The minimum Gasteiger partial charge on any atom is -0.508 e. The number of pyridine rings is 1. The molecule has 2 saturated carbocycles. The van der Waals surface area contributed by atoms with E-state index in [4.69, 9.17) is 30.6 Å². The number of aromatic nitrogens is 3. The molecule has 12 nitrogen and oxygen atoms in total. The number of piperidine rings is 1. The SMILES string of the molecule is C#Cc1c(F)ccc2cc(O)cc(-c3nc(OC)c4c(N5CCOCC(C)(O)C5)nc(OCC56CCCC5N(C5CCC7(CC5)CN(C(=O)CC)C7)CCC6)nc4c3F)c12. The van der Waals surface area contributed by atoms with E-state index in [-0.39, 0.29) is 93.1 Å². The molecule has 3 saturated heterocycles. The molecule has 2 aliphatic carbocycles. The second-order valence-corrected chi connectivity index (χ2v) is 18.2. The lowest BCUT2D eigenvalue weighted by Gasteiger charge is -2.56. The number of methoxy groups -OCH3 is 1. The zero-order valence-electron chi connectivity index (χ0n) is 34.7. The molecule has 2 aromatic carbocycles. The van der Waals surface area contributed by atoms with Crippen molar-refractivity contribution in [3.05, 3.63) is 41.5 Å². The van der Waals surface area contributed by atoms with Crippen LogP contribution in [0.4, 0.5) is 14.6 Å². The predicted molar refractivity (Wildman–Crippen MR) is 223 cm³/mol. The van der Waals surface area contributed by atoms with Crippen molar-refractivity contribution in [2.24, 2.45) is 10.8 Å². The molecule has 3 aliphatic heterocycles. The maximum Gasteiger partial charge on any atom is 0.319 e. The summed E-state index contributed by atoms with van der Waals surface area (Å²) in [6.45, 7) is 7.61. The minimum absolute atomic E-state index is 0.0129. The number of halogens is 2. The highest BCUT2D eigenvalue weighted by atomic mass is 19.1. The molecule has 1 spiro atoms. The van der Waals surface area contributed by atoms with E-state index in [1.807, 2.05) is 16.7 Å². The number of anilines is 1. The quantitative estimate of drug-likeness (QED) is 0.186. The zero-order chi connectivity index (χ0) is 42.0. The van der Waals surface area contributed by atoms with Gasteiger partial charge in [0.15, 0.2) is 5.82 Å². The lowest BCUT2D eigenvalue weighted by molar-refractivity contribution is -0.147. The summed E-state index contributed by atoms with van der Waals surface area (Å²) in [5.74, 6) is 1.18. The summed E-state index contributed by atoms with van der Waals surface area (Å²) in [7, 11) is 1.40. The predicted octanol–water partition coefficient (Wildman–Crippen LogP) is 6.60. The monoisotopic (exact) mass is 824 g/mol. The molecular formula is C46H54F2N6O6. The number of β-amino-alcohol motifs (C(OH)–C–C–N with tert-alkyl or cyclic N) is 1. The average molecular weight is 825 g/mol. The van der Waals surface area contributed by atoms with Crippen LogP contribution < -0.4 is 14.4 Å². The van der Waals surface area contributed by atoms with E-state index in [9.17, 15) is 15.0 Å². The summed E-state index contributed by atoms with van der Waals surface area (Å²) in [6.07, 6.45) is 16.1. The Kier molecular flexibility index (Phi) is 10.5. The van der Waals surface area contributed by atoms with Gasteiger partial charge in [0.2, 0.25) is 11.8 Å². The van der Waals surface area contributed by atoms with Gasteiger partial charge in [-0.05, 0) is 88.4 Å². The number of fused-ring (bicyclic) bond motifs is 3. The Morgan fingerprint density at radius 2 is 1.82 bits per heavy atom. The molecule has 3 atom stereocenters. The van der Waals surface area contributed by atoms with E-state index < -0.39 is 17.2 Å². The van der Waals surface area contributed by atoms with Crippen molar-refractivity contribution < 1.29 is 38.0 Å². The number of aliphatic hydroxyl groups is 1. The Morgan fingerprint density at radius 3 is 2.57 bits per heavy atom. The zero-order valence-corrected chi connectivity index (χ0v) is 34.7. The molecule has 318 valence electrons. The molecule has 2 N–H and O–H groups in total. The van der Waals surface area contributed by atoms with Crippen molar-refractivity contribution in [2.45, 2.75) is 95.7 Å². The lowest BCUT2D eigenvalue weighted by atomic mass is 9.66. The molecule has 60 heavy (non-hydrogen) atoms. The molecule has 5 heterocycles. The van der Waals surface area contributed by atoms with E-state index in [1.165, 1.54) is 31.4 Å². The van der Waals surface area contributed by atoms with Crippen LogP contribution >= 0.6 is 0 Å². The van der Waals surface area contributed by atoms with Crippen molar-refractivity contribution in [1.29, 1.82) is 0 Å². The number of hydrogen-bond acceptors (Lipinski definition) is 11. The first kappa shape index (κ1) is 40.6. The molecule has 1 amide bonds. The standard InChI is InChI=1S/C46H54F2N6O6/c1-5-31-33(47)11-10-28-21-30(55)22-32(36(28)31)39-38(48)40-37(42(49-39)58-4)41(52-19-20-59-26-44(3,57)23-52)51-43(50-40)60-27-46-14-7-9-34(46)54(18-8-15-46)29-12-16-45(17-13-29)24-53(25-45)35(56)6-2/h1,10-11,21-22,29,34,55,57H,6-9,12-20,23-27H2,2-4H3. The Labute approximate surface area is 349 Å². The van der Waals surface area contributed by atoms with E-state index in [1.54, 1.807) is 6.92 Å². The lowest BCUT2D eigenvalue weighted by Crippen LogP contribution is -2.62. The summed E-state index contributed by atoms with van der Waals surface area (Å²) in [6, 6.07) is 6.20. The number of nitrogens with zero attached hydrogens (tertiary/aromatic N) is 6. The first-order chi connectivity index (χ1) is 28.9. The fourth-order valence-electron chi connectivity index (χ4n) is 11.3. The van der Waals surface area contributed by atoms with Gasteiger partial charge in [-0.1, -0.05) is 25.3 Å². The van der Waals surface area contributed by atoms with Crippen LogP contribution in [0.3, 0.4) is 0 Å². The van der Waals surface area contributed by atoms with Gasteiger partial charge in [0.05, 0.1) is 39.0 Å². The third-order valence-corrected chi connectivity index (χ3v) is 14.1. The first-order valence-corrected chi connectivity index (χ1v) is 21.5. The number of phenolic OH excluding ortho intramolecular Hbond substituents is 1. The maximum absolute atomic E-state index is 17.4. The minimum atomic E-state index is -1.25. The summed E-state index contributed by atoms with van der Waals surface area (Å²) >= 11 is 0. The summed E-state index contributed by atoms with van der Waals surface area (Å²) in [5, 5.41) is 22.8. The van der Waals surface area contributed by atoms with Gasteiger partial charge in [0, 0.05) is 59.9 Å². The Balaban J connectivity index is 1.08. The van der Waals surface area contributed by atoms with E-state index in [2.05, 4.69) is 15.8 Å². The molecule has 0 bridgehead atoms. The summed E-state index contributed by atoms with van der Waals surface area (Å²) in [4.78, 5) is 33.2. The van der Waals surface area contributed by atoms with E-state index >= 15 is 8.78 Å². The smallest absolute Gasteiger partial charge is 0.319 e. The third-order valence-electron chi connectivity index (χ3n) is 14.1. The molecular weight excluding hydrogens is 771 g/mol. The summed E-state index contributed by atoms with van der Waals surface area (Å²) in [5.41, 5.74) is -1.54. The highest BCUT2D eigenvalue weighted by molar-refractivity contribution is 6.04.